The summed E-state index contributed by atoms with van der Waals surface area (Å²) < 4.78 is 9.28. The molecule has 2 aliphatic rings. The lowest BCUT2D eigenvalue weighted by atomic mass is 9.86. The van der Waals surface area contributed by atoms with Crippen molar-refractivity contribution in [3.8, 4) is 16.8 Å². The normalized spacial score (nSPS) is 16.9. The second-order valence-corrected chi connectivity index (χ2v) is 11.7. The molecule has 43 heavy (non-hydrogen) atoms. The van der Waals surface area contributed by atoms with Gasteiger partial charge in [0.2, 0.25) is 0 Å². The first-order valence-corrected chi connectivity index (χ1v) is 14.9. The van der Waals surface area contributed by atoms with E-state index >= 15 is 0 Å². The van der Waals surface area contributed by atoms with Gasteiger partial charge in [0.1, 0.15) is 11.3 Å². The Kier molecular flexibility index (Phi) is 4.56. The van der Waals surface area contributed by atoms with Gasteiger partial charge in [-0.15, -0.1) is 0 Å². The zero-order valence-electron chi connectivity index (χ0n) is 23.3. The zero-order chi connectivity index (χ0) is 28.1. The van der Waals surface area contributed by atoms with Crippen LogP contribution in [0.25, 0.3) is 66.4 Å². The lowest BCUT2D eigenvalue weighted by Crippen LogP contribution is -2.12. The van der Waals surface area contributed by atoms with Gasteiger partial charge in [-0.2, -0.15) is 0 Å². The minimum atomic E-state index is 0.0941. The van der Waals surface area contributed by atoms with Crippen LogP contribution in [0.4, 0.5) is 5.69 Å². The number of furan rings is 1. The number of rotatable bonds is 2. The molecule has 2 atom stereocenters. The predicted molar refractivity (Wildman–Crippen MR) is 178 cm³/mol. The number of nitrogens with zero attached hydrogens (tertiary/aromatic N) is 1. The Morgan fingerprint density at radius 1 is 0.605 bits per heavy atom. The smallest absolute Gasteiger partial charge is 0.137 e. The van der Waals surface area contributed by atoms with Crippen molar-refractivity contribution in [2.75, 3.05) is 5.32 Å². The van der Waals surface area contributed by atoms with Gasteiger partial charge < -0.3 is 14.3 Å². The average Bonchev–Trinajstić information content (AvgIpc) is 3.74. The summed E-state index contributed by atoms with van der Waals surface area (Å²) in [6, 6.07) is 46.0. The van der Waals surface area contributed by atoms with E-state index in [1.165, 1.54) is 65.9 Å². The van der Waals surface area contributed by atoms with E-state index in [2.05, 4.69) is 149 Å². The van der Waals surface area contributed by atoms with E-state index in [9.17, 15) is 0 Å². The molecule has 2 unspecified atom stereocenters. The van der Waals surface area contributed by atoms with Crippen LogP contribution in [-0.2, 0) is 0 Å². The van der Waals surface area contributed by atoms with Gasteiger partial charge in [0.05, 0.1) is 22.8 Å². The third-order valence-corrected chi connectivity index (χ3v) is 9.50. The monoisotopic (exact) mass is 550 g/mol. The van der Waals surface area contributed by atoms with Crippen LogP contribution in [0.15, 0.2) is 138 Å². The van der Waals surface area contributed by atoms with Crippen molar-refractivity contribution in [3.63, 3.8) is 0 Å². The van der Waals surface area contributed by atoms with Gasteiger partial charge in [-0.05, 0) is 46.3 Å². The highest BCUT2D eigenvalue weighted by Crippen LogP contribution is 2.52. The summed E-state index contributed by atoms with van der Waals surface area (Å²) in [5.74, 6) is 1.29. The summed E-state index contributed by atoms with van der Waals surface area (Å²) in [5, 5.41) is 9.87. The van der Waals surface area contributed by atoms with Gasteiger partial charge in [0.25, 0.3) is 0 Å². The second kappa shape index (κ2) is 8.50. The molecular weight excluding hydrogens is 524 g/mol. The summed E-state index contributed by atoms with van der Waals surface area (Å²) in [6.07, 6.45) is 4.63. The van der Waals surface area contributed by atoms with E-state index in [0.717, 1.165) is 17.0 Å². The Hall–Kier alpha value is -5.54. The van der Waals surface area contributed by atoms with E-state index in [1.807, 2.05) is 0 Å². The minimum Gasteiger partial charge on any atom is -0.458 e. The van der Waals surface area contributed by atoms with Gasteiger partial charge in [-0.25, -0.2) is 0 Å². The standard InChI is InChI=1S/C40H26N2O/c1-2-10-24(11-3-1)25-18-21-35-32(22-25)28-14-7-9-17-34(28)42(35)36-23-37-38(29-15-5-4-13-27(29)36)31-20-19-30-26-12-6-8-16-33(26)41-39(30)40(31)43-37/h1-23,30,39,41H. The molecule has 8 aromatic rings. The number of hydrogen-bond acceptors (Lipinski definition) is 2. The molecule has 10 rings (SSSR count). The van der Waals surface area contributed by atoms with Gasteiger partial charge >= 0.3 is 0 Å². The first kappa shape index (κ1) is 23.1. The van der Waals surface area contributed by atoms with Crippen LogP contribution in [0.3, 0.4) is 0 Å². The topological polar surface area (TPSA) is 30.1 Å². The molecule has 202 valence electrons. The molecule has 1 aliphatic carbocycles. The average molecular weight is 551 g/mol. The van der Waals surface area contributed by atoms with Crippen molar-refractivity contribution in [3.05, 3.63) is 150 Å². The van der Waals surface area contributed by atoms with Gasteiger partial charge in [0.15, 0.2) is 0 Å². The van der Waals surface area contributed by atoms with Crippen molar-refractivity contribution in [2.45, 2.75) is 12.0 Å². The fourth-order valence-corrected chi connectivity index (χ4v) is 7.61. The molecule has 1 N–H and O–H groups in total. The Bertz CT molecular complexity index is 2440. The minimum absolute atomic E-state index is 0.0941. The zero-order valence-corrected chi connectivity index (χ0v) is 23.3. The summed E-state index contributed by atoms with van der Waals surface area (Å²) in [5.41, 5.74) is 10.6. The first-order chi connectivity index (χ1) is 21.3. The Morgan fingerprint density at radius 3 is 2.26 bits per heavy atom. The lowest BCUT2D eigenvalue weighted by molar-refractivity contribution is 0.498. The number of nitrogens with one attached hydrogen (secondary N) is 1. The van der Waals surface area contributed by atoms with Gasteiger partial charge in [-0.3, -0.25) is 0 Å². The molecule has 6 aromatic carbocycles. The van der Waals surface area contributed by atoms with E-state index in [1.54, 1.807) is 0 Å². The first-order valence-electron chi connectivity index (χ1n) is 14.9. The lowest BCUT2D eigenvalue weighted by Gasteiger charge is -2.20. The fraction of sp³-hybridized carbons (Fsp3) is 0.0500. The van der Waals surface area contributed by atoms with Crippen LogP contribution in [0.5, 0.6) is 0 Å². The highest BCUT2D eigenvalue weighted by atomic mass is 16.3. The maximum Gasteiger partial charge on any atom is 0.137 e. The molecule has 0 radical (unpaired) electrons. The molecule has 0 amide bonds. The number of aromatic nitrogens is 1. The maximum absolute atomic E-state index is 6.86. The molecule has 1 aliphatic heterocycles. The number of fused-ring (bicyclic) bond motifs is 12. The molecule has 3 heteroatoms. The van der Waals surface area contributed by atoms with E-state index in [0.29, 0.717) is 0 Å². The molecular formula is C40H26N2O. The molecule has 0 saturated heterocycles. The largest absolute Gasteiger partial charge is 0.458 e. The molecule has 3 nitrogen and oxygen atoms in total. The van der Waals surface area contributed by atoms with Crippen LogP contribution < -0.4 is 5.32 Å². The SMILES string of the molecule is C1=CC2c3ccccc3NC2c2oc3cc(-n4c5ccccc5c5cc(-c6ccccc6)ccc54)c4ccccc4c3c21. The van der Waals surface area contributed by atoms with Crippen molar-refractivity contribution in [2.24, 2.45) is 0 Å². The highest BCUT2D eigenvalue weighted by Gasteiger charge is 2.38. The molecule has 0 spiro atoms. The summed E-state index contributed by atoms with van der Waals surface area (Å²) in [6.45, 7) is 0. The number of benzene rings is 6. The van der Waals surface area contributed by atoms with Crippen molar-refractivity contribution < 1.29 is 4.42 Å². The molecule has 0 saturated carbocycles. The van der Waals surface area contributed by atoms with Crippen molar-refractivity contribution in [1.29, 1.82) is 0 Å². The number of hydrogen-bond donors (Lipinski definition) is 1. The quantitative estimate of drug-likeness (QED) is 0.232. The molecule has 0 bridgehead atoms. The Morgan fingerprint density at radius 2 is 1.35 bits per heavy atom. The van der Waals surface area contributed by atoms with Crippen molar-refractivity contribution in [1.82, 2.24) is 4.57 Å². The van der Waals surface area contributed by atoms with Crippen LogP contribution in [0.1, 0.15) is 28.8 Å². The third kappa shape index (κ3) is 3.14. The maximum atomic E-state index is 6.86. The molecule has 3 heterocycles. The van der Waals surface area contributed by atoms with E-state index < -0.39 is 0 Å². The summed E-state index contributed by atoms with van der Waals surface area (Å²) in [4.78, 5) is 0. The predicted octanol–water partition coefficient (Wildman–Crippen LogP) is 10.6. The van der Waals surface area contributed by atoms with Crippen LogP contribution in [0.2, 0.25) is 0 Å². The van der Waals surface area contributed by atoms with Gasteiger partial charge in [0, 0.05) is 44.8 Å². The van der Waals surface area contributed by atoms with E-state index in [-0.39, 0.29) is 12.0 Å². The van der Waals surface area contributed by atoms with Crippen LogP contribution in [-0.4, -0.2) is 4.57 Å². The van der Waals surface area contributed by atoms with Crippen LogP contribution >= 0.6 is 0 Å². The van der Waals surface area contributed by atoms with Gasteiger partial charge in [-0.1, -0.05) is 109 Å². The number of anilines is 1. The Balaban J connectivity index is 1.25. The Labute approximate surface area is 248 Å². The fourth-order valence-electron chi connectivity index (χ4n) is 7.61. The summed E-state index contributed by atoms with van der Waals surface area (Å²) >= 11 is 0. The molecule has 2 aromatic heterocycles. The van der Waals surface area contributed by atoms with Crippen molar-refractivity contribution >= 4 is 55.3 Å². The number of para-hydroxylation sites is 2. The highest BCUT2D eigenvalue weighted by molar-refractivity contribution is 6.16. The van der Waals surface area contributed by atoms with Crippen LogP contribution in [0, 0.1) is 0 Å². The molecule has 0 fully saturated rings. The second-order valence-electron chi connectivity index (χ2n) is 11.7. The summed E-state index contributed by atoms with van der Waals surface area (Å²) in [7, 11) is 0. The van der Waals surface area contributed by atoms with E-state index in [4.69, 9.17) is 4.42 Å². The third-order valence-electron chi connectivity index (χ3n) is 9.50.